The summed E-state index contributed by atoms with van der Waals surface area (Å²) in [4.78, 5) is 25.9. The average Bonchev–Trinajstić information content (AvgIpc) is 2.70. The number of rotatable bonds is 4. The Morgan fingerprint density at radius 3 is 2.81 bits per heavy atom. The minimum atomic E-state index is -0.172. The molecule has 0 saturated carbocycles. The van der Waals surface area contributed by atoms with E-state index in [1.165, 1.54) is 6.07 Å². The molecule has 1 atom stereocenters. The van der Waals surface area contributed by atoms with E-state index in [0.29, 0.717) is 17.9 Å². The van der Waals surface area contributed by atoms with E-state index in [1.54, 1.807) is 24.5 Å². The Morgan fingerprint density at radius 2 is 2.00 bits per heavy atom. The number of benzene rings is 1. The maximum absolute atomic E-state index is 14.0. The lowest BCUT2D eigenvalue weighted by Gasteiger charge is -2.32. The van der Waals surface area contributed by atoms with Gasteiger partial charge in [-0.2, -0.15) is 0 Å². The van der Waals surface area contributed by atoms with Crippen LogP contribution < -0.4 is 5.56 Å². The Balaban J connectivity index is 1.55. The summed E-state index contributed by atoms with van der Waals surface area (Å²) in [5, 5.41) is 0. The molecule has 1 aliphatic rings. The second kappa shape index (κ2) is 7.80. The van der Waals surface area contributed by atoms with Gasteiger partial charge in [-0.3, -0.25) is 14.7 Å². The van der Waals surface area contributed by atoms with Crippen LogP contribution in [0.15, 0.2) is 59.7 Å². The lowest BCUT2D eigenvalue weighted by molar-refractivity contribution is 0.196. The Kier molecular flexibility index (Phi) is 5.07. The third kappa shape index (κ3) is 4.11. The third-order valence-electron chi connectivity index (χ3n) is 4.99. The fourth-order valence-electron chi connectivity index (χ4n) is 3.64. The van der Waals surface area contributed by atoms with Crippen molar-refractivity contribution in [2.24, 2.45) is 0 Å². The summed E-state index contributed by atoms with van der Waals surface area (Å²) in [6.07, 6.45) is 5.33. The molecule has 27 heavy (non-hydrogen) atoms. The fraction of sp³-hybridized carbons (Fsp3) is 0.286. The van der Waals surface area contributed by atoms with Gasteiger partial charge < -0.3 is 4.98 Å². The largest absolute Gasteiger partial charge is 0.307 e. The molecule has 3 aromatic rings. The van der Waals surface area contributed by atoms with Crippen LogP contribution in [0.5, 0.6) is 0 Å². The Hall–Kier alpha value is -2.86. The molecule has 0 spiro atoms. The van der Waals surface area contributed by atoms with Crippen molar-refractivity contribution in [2.75, 3.05) is 13.1 Å². The highest BCUT2D eigenvalue weighted by molar-refractivity contribution is 5.53. The smallest absolute Gasteiger partial charge is 0.251 e. The van der Waals surface area contributed by atoms with E-state index in [-0.39, 0.29) is 17.3 Å². The predicted molar refractivity (Wildman–Crippen MR) is 102 cm³/mol. The highest BCUT2D eigenvalue weighted by Gasteiger charge is 2.24. The molecule has 0 bridgehead atoms. The molecule has 1 unspecified atom stereocenters. The summed E-state index contributed by atoms with van der Waals surface area (Å²) in [6.45, 7) is 2.26. The number of pyridine rings is 1. The lowest BCUT2D eigenvalue weighted by atomic mass is 9.94. The van der Waals surface area contributed by atoms with Crippen molar-refractivity contribution < 1.29 is 4.39 Å². The van der Waals surface area contributed by atoms with Gasteiger partial charge in [-0.25, -0.2) is 9.37 Å². The van der Waals surface area contributed by atoms with Gasteiger partial charge in [-0.05, 0) is 37.6 Å². The third-order valence-corrected chi connectivity index (χ3v) is 4.99. The number of H-pyrrole nitrogens is 1. The number of aromatic nitrogens is 3. The summed E-state index contributed by atoms with van der Waals surface area (Å²) < 4.78 is 14.0. The molecule has 4 rings (SSSR count). The van der Waals surface area contributed by atoms with E-state index in [9.17, 15) is 9.18 Å². The monoisotopic (exact) mass is 364 g/mol. The zero-order valence-electron chi connectivity index (χ0n) is 14.9. The van der Waals surface area contributed by atoms with Crippen molar-refractivity contribution in [1.82, 2.24) is 19.9 Å². The first-order valence-corrected chi connectivity index (χ1v) is 9.16. The van der Waals surface area contributed by atoms with E-state index in [1.807, 2.05) is 24.3 Å². The average molecular weight is 364 g/mol. The first kappa shape index (κ1) is 17.5. The minimum Gasteiger partial charge on any atom is -0.307 e. The second-order valence-electron chi connectivity index (χ2n) is 6.92. The quantitative estimate of drug-likeness (QED) is 0.771. The lowest BCUT2D eigenvalue weighted by Crippen LogP contribution is -2.35. The molecule has 1 fully saturated rings. The van der Waals surface area contributed by atoms with Crippen molar-refractivity contribution in [3.63, 3.8) is 0 Å². The topological polar surface area (TPSA) is 61.9 Å². The maximum Gasteiger partial charge on any atom is 0.251 e. The molecule has 5 nitrogen and oxygen atoms in total. The summed E-state index contributed by atoms with van der Waals surface area (Å²) in [7, 11) is 0. The molecular weight excluding hydrogens is 343 g/mol. The van der Waals surface area contributed by atoms with Crippen molar-refractivity contribution in [1.29, 1.82) is 0 Å². The van der Waals surface area contributed by atoms with Crippen LogP contribution in [0.2, 0.25) is 0 Å². The Labute approximate surface area is 156 Å². The van der Waals surface area contributed by atoms with Crippen LogP contribution in [0, 0.1) is 5.82 Å². The van der Waals surface area contributed by atoms with E-state index in [2.05, 4.69) is 14.9 Å². The highest BCUT2D eigenvalue weighted by Crippen LogP contribution is 2.27. The van der Waals surface area contributed by atoms with Crippen molar-refractivity contribution in [3.8, 4) is 11.4 Å². The fourth-order valence-corrected chi connectivity index (χ4v) is 3.64. The van der Waals surface area contributed by atoms with Gasteiger partial charge in [0, 0.05) is 48.6 Å². The summed E-state index contributed by atoms with van der Waals surface area (Å²) in [5.74, 6) is 0.549. The van der Waals surface area contributed by atoms with Gasteiger partial charge in [0.05, 0.1) is 5.69 Å². The van der Waals surface area contributed by atoms with Crippen LogP contribution in [0.25, 0.3) is 11.4 Å². The number of piperidine rings is 1. The summed E-state index contributed by atoms with van der Waals surface area (Å²) in [6, 6.07) is 12.1. The standard InChI is InChI=1S/C21H21FN4O/c22-18-6-2-1-4-16(18)13-26-11-3-5-17(14-26)19-12-20(27)25-21(24-19)15-7-9-23-10-8-15/h1-2,4,6-10,12,17H,3,5,11,13-14H2,(H,24,25,27). The minimum absolute atomic E-state index is 0.155. The first-order chi connectivity index (χ1) is 13.2. The van der Waals surface area contributed by atoms with Gasteiger partial charge in [-0.15, -0.1) is 0 Å². The van der Waals surface area contributed by atoms with Gasteiger partial charge in [0.25, 0.3) is 5.56 Å². The summed E-state index contributed by atoms with van der Waals surface area (Å²) in [5.41, 5.74) is 2.18. The number of nitrogens with zero attached hydrogens (tertiary/aromatic N) is 3. The zero-order valence-corrected chi connectivity index (χ0v) is 14.9. The van der Waals surface area contributed by atoms with E-state index < -0.39 is 0 Å². The van der Waals surface area contributed by atoms with Crippen molar-refractivity contribution in [3.05, 3.63) is 82.3 Å². The van der Waals surface area contributed by atoms with Crippen molar-refractivity contribution >= 4 is 0 Å². The van der Waals surface area contributed by atoms with Crippen molar-refractivity contribution in [2.45, 2.75) is 25.3 Å². The number of aromatic amines is 1. The summed E-state index contributed by atoms with van der Waals surface area (Å²) >= 11 is 0. The van der Waals surface area contributed by atoms with E-state index in [0.717, 1.165) is 37.2 Å². The number of hydrogen-bond donors (Lipinski definition) is 1. The van der Waals surface area contributed by atoms with Gasteiger partial charge in [0.2, 0.25) is 0 Å². The molecule has 138 valence electrons. The van der Waals surface area contributed by atoms with Crippen LogP contribution in [-0.2, 0) is 6.54 Å². The Morgan fingerprint density at radius 1 is 1.19 bits per heavy atom. The second-order valence-corrected chi connectivity index (χ2v) is 6.92. The molecule has 0 amide bonds. The van der Waals surface area contributed by atoms with Crippen LogP contribution in [0.1, 0.15) is 30.0 Å². The molecule has 6 heteroatoms. The van der Waals surface area contributed by atoms with Crippen LogP contribution in [-0.4, -0.2) is 32.9 Å². The molecule has 3 heterocycles. The molecule has 0 radical (unpaired) electrons. The molecule has 1 aromatic carbocycles. The SMILES string of the molecule is O=c1cc(C2CCCN(Cc3ccccc3F)C2)nc(-c2ccncc2)[nH]1. The number of nitrogens with one attached hydrogen (secondary N) is 1. The van der Waals surface area contributed by atoms with Gasteiger partial charge in [0.15, 0.2) is 0 Å². The van der Waals surface area contributed by atoms with Gasteiger partial charge >= 0.3 is 0 Å². The molecule has 0 aliphatic carbocycles. The molecular formula is C21H21FN4O. The highest BCUT2D eigenvalue weighted by atomic mass is 19.1. The van der Waals surface area contributed by atoms with Gasteiger partial charge in [-0.1, -0.05) is 18.2 Å². The number of hydrogen-bond acceptors (Lipinski definition) is 4. The molecule has 1 saturated heterocycles. The van der Waals surface area contributed by atoms with E-state index in [4.69, 9.17) is 4.98 Å². The number of halogens is 1. The van der Waals surface area contributed by atoms with Crippen LogP contribution in [0.3, 0.4) is 0 Å². The molecule has 1 N–H and O–H groups in total. The maximum atomic E-state index is 14.0. The van der Waals surface area contributed by atoms with Gasteiger partial charge in [0.1, 0.15) is 11.6 Å². The Bertz CT molecular complexity index is 973. The first-order valence-electron chi connectivity index (χ1n) is 9.16. The molecule has 2 aromatic heterocycles. The van der Waals surface area contributed by atoms with Crippen LogP contribution in [0.4, 0.5) is 4.39 Å². The predicted octanol–water partition coefficient (Wildman–Crippen LogP) is 3.35. The number of likely N-dealkylation sites (tertiary alicyclic amines) is 1. The van der Waals surface area contributed by atoms with Crippen LogP contribution >= 0.6 is 0 Å². The molecule has 1 aliphatic heterocycles. The zero-order chi connectivity index (χ0) is 18.6. The van der Waals surface area contributed by atoms with E-state index >= 15 is 0 Å². The normalized spacial score (nSPS) is 17.7.